The largest absolute Gasteiger partial charge is 0.382 e. The molecule has 2 N–H and O–H groups in total. The van der Waals surface area contributed by atoms with E-state index in [9.17, 15) is 0 Å². The van der Waals surface area contributed by atoms with E-state index < -0.39 is 0 Å². The van der Waals surface area contributed by atoms with Crippen LogP contribution in [0.1, 0.15) is 13.8 Å². The fraction of sp³-hybridized carbons (Fsp3) is 0.600. The molecule has 5 heteroatoms. The lowest BCUT2D eigenvalue weighted by molar-refractivity contribution is 0.0280. The topological polar surface area (TPSA) is 64.3 Å². The molecule has 1 saturated heterocycles. The van der Waals surface area contributed by atoms with Crippen molar-refractivity contribution in [2.75, 3.05) is 23.8 Å². The summed E-state index contributed by atoms with van der Waals surface area (Å²) in [5.74, 6) is 1.32. The molecule has 0 bridgehead atoms. The third-order valence-corrected chi connectivity index (χ3v) is 2.85. The number of rotatable bonds is 1. The van der Waals surface area contributed by atoms with Gasteiger partial charge in [0.1, 0.15) is 5.82 Å². The summed E-state index contributed by atoms with van der Waals surface area (Å²) in [5, 5.41) is 7.94. The molecular weight excluding hydrogens is 192 g/mol. The maximum Gasteiger partial charge on any atom is 0.151 e. The van der Waals surface area contributed by atoms with Gasteiger partial charge >= 0.3 is 0 Å². The number of nitrogen functional groups attached to an aromatic ring is 1. The van der Waals surface area contributed by atoms with Gasteiger partial charge in [-0.2, -0.15) is 0 Å². The van der Waals surface area contributed by atoms with E-state index >= 15 is 0 Å². The van der Waals surface area contributed by atoms with Crippen molar-refractivity contribution in [1.29, 1.82) is 0 Å². The predicted molar refractivity (Wildman–Crippen MR) is 58.7 cm³/mol. The summed E-state index contributed by atoms with van der Waals surface area (Å²) in [6.45, 7) is 5.78. The molecule has 0 amide bonds. The van der Waals surface area contributed by atoms with Crippen LogP contribution >= 0.6 is 0 Å². The fourth-order valence-electron chi connectivity index (χ4n) is 1.75. The van der Waals surface area contributed by atoms with Gasteiger partial charge in [-0.25, -0.2) is 0 Å². The summed E-state index contributed by atoms with van der Waals surface area (Å²) < 4.78 is 5.55. The normalized spacial score (nSPS) is 26.7. The van der Waals surface area contributed by atoms with Gasteiger partial charge in [0.25, 0.3) is 0 Å². The molecule has 1 aliphatic rings. The smallest absolute Gasteiger partial charge is 0.151 e. The Morgan fingerprint density at radius 2 is 2.20 bits per heavy atom. The number of ether oxygens (including phenoxy) is 1. The highest BCUT2D eigenvalue weighted by atomic mass is 16.5. The second-order valence-electron chi connectivity index (χ2n) is 3.83. The van der Waals surface area contributed by atoms with Crippen LogP contribution in [0, 0.1) is 0 Å². The van der Waals surface area contributed by atoms with Crippen LogP contribution in [0.5, 0.6) is 0 Å². The third kappa shape index (κ3) is 2.02. The molecule has 2 unspecified atom stereocenters. The van der Waals surface area contributed by atoms with E-state index in [4.69, 9.17) is 10.5 Å². The van der Waals surface area contributed by atoms with Crippen LogP contribution in [0.25, 0.3) is 0 Å². The van der Waals surface area contributed by atoms with Crippen molar-refractivity contribution in [3.8, 4) is 0 Å². The van der Waals surface area contributed by atoms with Gasteiger partial charge in [-0.05, 0) is 26.0 Å². The van der Waals surface area contributed by atoms with Gasteiger partial charge in [-0.1, -0.05) is 0 Å². The Labute approximate surface area is 89.2 Å². The van der Waals surface area contributed by atoms with E-state index in [2.05, 4.69) is 28.9 Å². The number of nitrogens with zero attached hydrogens (tertiary/aromatic N) is 3. The average molecular weight is 208 g/mol. The molecule has 0 saturated carbocycles. The highest BCUT2D eigenvalue weighted by molar-refractivity contribution is 5.42. The first-order chi connectivity index (χ1) is 7.18. The highest BCUT2D eigenvalue weighted by Gasteiger charge is 2.26. The molecule has 0 spiro atoms. The molecule has 2 rings (SSSR count). The summed E-state index contributed by atoms with van der Waals surface area (Å²) in [5.41, 5.74) is 5.50. The van der Waals surface area contributed by atoms with Crippen LogP contribution in [0.3, 0.4) is 0 Å². The molecule has 0 radical (unpaired) electrons. The Bertz CT molecular complexity index is 327. The Morgan fingerprint density at radius 3 is 2.87 bits per heavy atom. The quantitative estimate of drug-likeness (QED) is 0.735. The van der Waals surface area contributed by atoms with E-state index in [0.29, 0.717) is 11.9 Å². The lowest BCUT2D eigenvalue weighted by Crippen LogP contribution is -2.49. The molecule has 82 valence electrons. The maximum atomic E-state index is 5.55. The third-order valence-electron chi connectivity index (χ3n) is 2.85. The number of nitrogens with two attached hydrogens (primary N) is 1. The van der Waals surface area contributed by atoms with Crippen LogP contribution < -0.4 is 10.6 Å². The Kier molecular flexibility index (Phi) is 2.73. The lowest BCUT2D eigenvalue weighted by Gasteiger charge is -2.38. The molecule has 2 heterocycles. The molecule has 0 aliphatic carbocycles. The van der Waals surface area contributed by atoms with E-state index in [1.807, 2.05) is 6.07 Å². The van der Waals surface area contributed by atoms with Crippen LogP contribution in [0.2, 0.25) is 0 Å². The van der Waals surface area contributed by atoms with Crippen LogP contribution in [0.4, 0.5) is 11.6 Å². The van der Waals surface area contributed by atoms with Gasteiger partial charge in [0.15, 0.2) is 5.82 Å². The molecule has 1 fully saturated rings. The van der Waals surface area contributed by atoms with E-state index in [1.165, 1.54) is 0 Å². The standard InChI is InChI=1S/C10H16N4O/c1-7-8(2)15-6-5-14(7)10-4-3-9(11)12-13-10/h3-4,7-8H,5-6H2,1-2H3,(H2,11,12). The summed E-state index contributed by atoms with van der Waals surface area (Å²) in [6, 6.07) is 3.99. The minimum atomic E-state index is 0.220. The summed E-state index contributed by atoms with van der Waals surface area (Å²) >= 11 is 0. The van der Waals surface area contributed by atoms with Crippen LogP contribution in [-0.4, -0.2) is 35.5 Å². The van der Waals surface area contributed by atoms with Gasteiger partial charge in [0.05, 0.1) is 18.8 Å². The van der Waals surface area contributed by atoms with Crippen molar-refractivity contribution < 1.29 is 4.74 Å². The average Bonchev–Trinajstić information content (AvgIpc) is 2.24. The first-order valence-electron chi connectivity index (χ1n) is 5.16. The second-order valence-corrected chi connectivity index (χ2v) is 3.83. The van der Waals surface area contributed by atoms with Crippen molar-refractivity contribution in [3.63, 3.8) is 0 Å². The highest BCUT2D eigenvalue weighted by Crippen LogP contribution is 2.20. The molecule has 1 aromatic heterocycles. The zero-order valence-corrected chi connectivity index (χ0v) is 9.05. The number of anilines is 2. The zero-order valence-electron chi connectivity index (χ0n) is 9.05. The van der Waals surface area contributed by atoms with Crippen LogP contribution in [-0.2, 0) is 4.74 Å². The van der Waals surface area contributed by atoms with E-state index in [0.717, 1.165) is 19.0 Å². The number of morpholine rings is 1. The van der Waals surface area contributed by atoms with E-state index in [-0.39, 0.29) is 6.10 Å². The van der Waals surface area contributed by atoms with E-state index in [1.54, 1.807) is 6.07 Å². The predicted octanol–water partition coefficient (Wildman–Crippen LogP) is 0.672. The minimum Gasteiger partial charge on any atom is -0.382 e. The van der Waals surface area contributed by atoms with Crippen molar-refractivity contribution >= 4 is 11.6 Å². The Morgan fingerprint density at radius 1 is 1.40 bits per heavy atom. The minimum absolute atomic E-state index is 0.220. The van der Waals surface area contributed by atoms with Gasteiger partial charge in [-0.3, -0.25) is 0 Å². The van der Waals surface area contributed by atoms with Gasteiger partial charge in [-0.15, -0.1) is 10.2 Å². The number of hydrogen-bond acceptors (Lipinski definition) is 5. The first kappa shape index (κ1) is 10.2. The molecular formula is C10H16N4O. The first-order valence-corrected chi connectivity index (χ1v) is 5.16. The van der Waals surface area contributed by atoms with Gasteiger partial charge in [0.2, 0.25) is 0 Å². The summed E-state index contributed by atoms with van der Waals surface area (Å²) in [7, 11) is 0. The van der Waals surface area contributed by atoms with Crippen molar-refractivity contribution in [1.82, 2.24) is 10.2 Å². The van der Waals surface area contributed by atoms with Crippen molar-refractivity contribution in [3.05, 3.63) is 12.1 Å². The molecule has 0 aromatic carbocycles. The Balaban J connectivity index is 2.18. The zero-order chi connectivity index (χ0) is 10.8. The van der Waals surface area contributed by atoms with Crippen molar-refractivity contribution in [2.24, 2.45) is 0 Å². The lowest BCUT2D eigenvalue weighted by atomic mass is 10.1. The SMILES string of the molecule is CC1OCCN(c2ccc(N)nn2)C1C. The molecule has 15 heavy (non-hydrogen) atoms. The summed E-state index contributed by atoms with van der Waals surface area (Å²) in [6.07, 6.45) is 0.220. The second kappa shape index (κ2) is 4.02. The monoisotopic (exact) mass is 208 g/mol. The van der Waals surface area contributed by atoms with Crippen molar-refractivity contribution in [2.45, 2.75) is 26.0 Å². The number of hydrogen-bond donors (Lipinski definition) is 1. The Hall–Kier alpha value is -1.36. The number of aromatic nitrogens is 2. The van der Waals surface area contributed by atoms with Crippen LogP contribution in [0.15, 0.2) is 12.1 Å². The molecule has 1 aliphatic heterocycles. The molecule has 5 nitrogen and oxygen atoms in total. The van der Waals surface area contributed by atoms with Gasteiger partial charge < -0.3 is 15.4 Å². The maximum absolute atomic E-state index is 5.55. The summed E-state index contributed by atoms with van der Waals surface area (Å²) in [4.78, 5) is 2.20. The molecule has 1 aromatic rings. The van der Waals surface area contributed by atoms with Gasteiger partial charge in [0, 0.05) is 6.54 Å². The fourth-order valence-corrected chi connectivity index (χ4v) is 1.75. The molecule has 2 atom stereocenters.